The summed E-state index contributed by atoms with van der Waals surface area (Å²) in [6, 6.07) is 16.5. The molecular weight excluding hydrogens is 372 g/mol. The molecule has 0 aliphatic heterocycles. The van der Waals surface area contributed by atoms with Crippen LogP contribution >= 0.6 is 0 Å². The number of hydrogen-bond acceptors (Lipinski definition) is 3. The lowest BCUT2D eigenvalue weighted by Gasteiger charge is -2.23. The number of carbonyl (C=O) groups is 1. The Kier molecular flexibility index (Phi) is 6.73. The Balaban J connectivity index is 1.72. The number of amides is 1. The number of benzene rings is 2. The molecule has 1 amide bonds. The van der Waals surface area contributed by atoms with Crippen LogP contribution in [0.3, 0.4) is 0 Å². The third-order valence-electron chi connectivity index (χ3n) is 5.18. The Bertz CT molecular complexity index is 872. The zero-order valence-electron chi connectivity index (χ0n) is 16.3. The topological polar surface area (TPSA) is 66.5 Å². The first-order valence-electron chi connectivity index (χ1n) is 9.86. The minimum absolute atomic E-state index is 0.0904. The quantitative estimate of drug-likeness (QED) is 0.742. The lowest BCUT2D eigenvalue weighted by atomic mass is 10.1. The maximum Gasteiger partial charge on any atom is 0.251 e. The summed E-state index contributed by atoms with van der Waals surface area (Å²) in [5, 5.41) is 3.12. The molecule has 5 nitrogen and oxygen atoms in total. The lowest BCUT2D eigenvalue weighted by molar-refractivity contribution is 0.0933. The van der Waals surface area contributed by atoms with Crippen LogP contribution in [0, 0.1) is 0 Å². The number of hydrogen-bond donors (Lipinski definition) is 1. The molecule has 3 rings (SSSR count). The maximum absolute atomic E-state index is 12.6. The molecule has 2 aromatic carbocycles. The van der Waals surface area contributed by atoms with Crippen LogP contribution in [0.25, 0.3) is 0 Å². The van der Waals surface area contributed by atoms with Crippen molar-refractivity contribution in [2.24, 2.45) is 0 Å². The molecule has 1 N–H and O–H groups in total. The van der Waals surface area contributed by atoms with Crippen LogP contribution in [0.5, 0.6) is 0 Å². The van der Waals surface area contributed by atoms with Gasteiger partial charge in [-0.2, -0.15) is 0 Å². The molecule has 1 fully saturated rings. The number of rotatable bonds is 6. The van der Waals surface area contributed by atoms with E-state index in [0.717, 1.165) is 31.2 Å². The predicted molar refractivity (Wildman–Crippen MR) is 113 cm³/mol. The highest BCUT2D eigenvalue weighted by Crippen LogP contribution is 2.22. The molecule has 0 unspecified atom stereocenters. The largest absolute Gasteiger partial charge is 0.349 e. The van der Waals surface area contributed by atoms with Gasteiger partial charge in [-0.25, -0.2) is 8.42 Å². The lowest BCUT2D eigenvalue weighted by Crippen LogP contribution is -2.34. The summed E-state index contributed by atoms with van der Waals surface area (Å²) in [6.45, 7) is 0.257. The minimum Gasteiger partial charge on any atom is -0.349 e. The van der Waals surface area contributed by atoms with Crippen molar-refractivity contribution < 1.29 is 13.2 Å². The number of anilines is 1. The van der Waals surface area contributed by atoms with Crippen LogP contribution in [-0.2, 0) is 16.6 Å². The second-order valence-corrected chi connectivity index (χ2v) is 9.37. The number of nitrogens with zero attached hydrogens (tertiary/aromatic N) is 1. The first-order valence-corrected chi connectivity index (χ1v) is 11.7. The molecule has 1 saturated carbocycles. The van der Waals surface area contributed by atoms with E-state index < -0.39 is 10.0 Å². The van der Waals surface area contributed by atoms with Gasteiger partial charge in [-0.05, 0) is 42.7 Å². The highest BCUT2D eigenvalue weighted by molar-refractivity contribution is 7.92. The van der Waals surface area contributed by atoms with Crippen molar-refractivity contribution in [2.45, 2.75) is 51.1 Å². The van der Waals surface area contributed by atoms with Crippen molar-refractivity contribution in [1.82, 2.24) is 5.32 Å². The van der Waals surface area contributed by atoms with E-state index >= 15 is 0 Å². The summed E-state index contributed by atoms with van der Waals surface area (Å²) in [5.41, 5.74) is 2.02. The molecule has 0 bridgehead atoms. The molecule has 0 atom stereocenters. The van der Waals surface area contributed by atoms with Crippen molar-refractivity contribution in [3.8, 4) is 0 Å². The average Bonchev–Trinajstić information content (AvgIpc) is 2.95. The van der Waals surface area contributed by atoms with Crippen molar-refractivity contribution in [3.63, 3.8) is 0 Å². The van der Waals surface area contributed by atoms with Crippen molar-refractivity contribution in [2.75, 3.05) is 10.6 Å². The van der Waals surface area contributed by atoms with Crippen LogP contribution in [0.4, 0.5) is 5.69 Å². The first-order chi connectivity index (χ1) is 13.4. The summed E-state index contributed by atoms with van der Waals surface area (Å²) >= 11 is 0. The van der Waals surface area contributed by atoms with Crippen molar-refractivity contribution in [3.05, 3.63) is 65.7 Å². The monoisotopic (exact) mass is 400 g/mol. The third-order valence-corrected chi connectivity index (χ3v) is 6.32. The van der Waals surface area contributed by atoms with E-state index in [2.05, 4.69) is 5.32 Å². The van der Waals surface area contributed by atoms with Gasteiger partial charge in [0.15, 0.2) is 0 Å². The number of sulfonamides is 1. The molecule has 6 heteroatoms. The van der Waals surface area contributed by atoms with E-state index in [-0.39, 0.29) is 18.5 Å². The fourth-order valence-electron chi connectivity index (χ4n) is 3.62. The normalized spacial score (nSPS) is 15.6. The zero-order valence-corrected chi connectivity index (χ0v) is 17.1. The summed E-state index contributed by atoms with van der Waals surface area (Å²) in [7, 11) is -3.44. The van der Waals surface area contributed by atoms with E-state index in [4.69, 9.17) is 0 Å². The Hall–Kier alpha value is -2.34. The summed E-state index contributed by atoms with van der Waals surface area (Å²) in [6.07, 6.45) is 8.06. The van der Waals surface area contributed by atoms with Gasteiger partial charge in [-0.15, -0.1) is 0 Å². The molecule has 0 aromatic heterocycles. The third kappa shape index (κ3) is 5.58. The molecule has 0 spiro atoms. The van der Waals surface area contributed by atoms with E-state index in [1.807, 2.05) is 30.3 Å². The van der Waals surface area contributed by atoms with Crippen molar-refractivity contribution in [1.29, 1.82) is 0 Å². The smallest absolute Gasteiger partial charge is 0.251 e. The Morgan fingerprint density at radius 2 is 1.57 bits per heavy atom. The number of carbonyl (C=O) groups excluding carboxylic acids is 1. The Morgan fingerprint density at radius 1 is 0.964 bits per heavy atom. The maximum atomic E-state index is 12.6. The summed E-state index contributed by atoms with van der Waals surface area (Å²) in [5.74, 6) is -0.0904. The van der Waals surface area contributed by atoms with Gasteiger partial charge in [0.05, 0.1) is 18.5 Å². The van der Waals surface area contributed by atoms with E-state index in [0.29, 0.717) is 11.3 Å². The van der Waals surface area contributed by atoms with Gasteiger partial charge in [-0.3, -0.25) is 9.10 Å². The van der Waals surface area contributed by atoms with E-state index in [9.17, 15) is 13.2 Å². The molecule has 1 aliphatic carbocycles. The van der Waals surface area contributed by atoms with Gasteiger partial charge in [-0.1, -0.05) is 56.0 Å². The van der Waals surface area contributed by atoms with Crippen LogP contribution in [-0.4, -0.2) is 26.6 Å². The molecule has 150 valence electrons. The highest BCUT2D eigenvalue weighted by atomic mass is 32.2. The second kappa shape index (κ2) is 9.24. The van der Waals surface area contributed by atoms with Gasteiger partial charge in [0.1, 0.15) is 0 Å². The molecule has 0 heterocycles. The Morgan fingerprint density at radius 3 is 2.14 bits per heavy atom. The predicted octanol–water partition coefficient (Wildman–Crippen LogP) is 4.11. The second-order valence-electron chi connectivity index (χ2n) is 7.46. The molecule has 0 saturated heterocycles. The summed E-state index contributed by atoms with van der Waals surface area (Å²) < 4.78 is 26.0. The van der Waals surface area contributed by atoms with Crippen molar-refractivity contribution >= 4 is 21.6 Å². The van der Waals surface area contributed by atoms with Crippen LogP contribution in [0.1, 0.15) is 54.4 Å². The van der Waals surface area contributed by atoms with Crippen LogP contribution < -0.4 is 9.62 Å². The Labute approximate surface area is 167 Å². The SMILES string of the molecule is CS(=O)(=O)N(Cc1ccccc1)c1ccc(C(=O)NC2CCCCCC2)cc1. The average molecular weight is 401 g/mol. The van der Waals surface area contributed by atoms with E-state index in [1.54, 1.807) is 24.3 Å². The fraction of sp³-hybridized carbons (Fsp3) is 0.409. The molecule has 1 aliphatic rings. The van der Waals surface area contributed by atoms with Gasteiger partial charge in [0.25, 0.3) is 5.91 Å². The summed E-state index contributed by atoms with van der Waals surface area (Å²) in [4.78, 5) is 12.6. The van der Waals surface area contributed by atoms with Crippen LogP contribution in [0.15, 0.2) is 54.6 Å². The van der Waals surface area contributed by atoms with Crippen LogP contribution in [0.2, 0.25) is 0 Å². The zero-order chi connectivity index (χ0) is 20.0. The standard InChI is InChI=1S/C22H28N2O3S/c1-28(26,27)24(17-18-9-5-4-6-10-18)21-15-13-19(14-16-21)22(25)23-20-11-7-2-3-8-12-20/h4-6,9-10,13-16,20H,2-3,7-8,11-12,17H2,1H3,(H,23,25). The molecular formula is C22H28N2O3S. The highest BCUT2D eigenvalue weighted by Gasteiger charge is 2.19. The number of nitrogens with one attached hydrogen (secondary N) is 1. The van der Waals surface area contributed by atoms with Gasteiger partial charge >= 0.3 is 0 Å². The van der Waals surface area contributed by atoms with Gasteiger partial charge < -0.3 is 5.32 Å². The van der Waals surface area contributed by atoms with Gasteiger partial charge in [0, 0.05) is 11.6 Å². The first kappa shape index (κ1) is 20.4. The van der Waals surface area contributed by atoms with E-state index in [1.165, 1.54) is 23.4 Å². The minimum atomic E-state index is -3.44. The molecule has 0 radical (unpaired) electrons. The molecule has 28 heavy (non-hydrogen) atoms. The molecule has 2 aromatic rings. The van der Waals surface area contributed by atoms with Gasteiger partial charge in [0.2, 0.25) is 10.0 Å². The fourth-order valence-corrected chi connectivity index (χ4v) is 4.51.